The number of nitrogens with one attached hydrogen (secondary N) is 1. The van der Waals surface area contributed by atoms with Crippen molar-refractivity contribution in [3.63, 3.8) is 0 Å². The molecule has 3 rings (SSSR count). The number of carbonyl (C=O) groups excluding carboxylic acids is 2. The molecule has 0 aliphatic carbocycles. The van der Waals surface area contributed by atoms with Gasteiger partial charge in [0.2, 0.25) is 0 Å². The fraction of sp³-hybridized carbons (Fsp3) is 0.357. The summed E-state index contributed by atoms with van der Waals surface area (Å²) in [5.41, 5.74) is 3.47. The second-order valence-corrected chi connectivity index (χ2v) is 8.38. The number of nitrogens with zero attached hydrogens (tertiary/aromatic N) is 3. The molecule has 1 aromatic heterocycles. The van der Waals surface area contributed by atoms with Crippen LogP contribution in [0.15, 0.2) is 65.5 Å². The SMILES string of the molecule is CCOC(=O)Cc1cccc(Cn2nc(-c3ccc(C(=O)NCCN(CC)CC)cc3)ccc2=O)c1. The number of aromatic nitrogens is 2. The second-order valence-electron chi connectivity index (χ2n) is 8.38. The standard InChI is InChI=1S/C28H34N4O4/c1-4-31(5-2)17-16-29-28(35)24-12-10-23(11-13-24)25-14-15-26(33)32(30-25)20-22-9-7-8-21(18-22)19-27(34)36-6-3/h7-15,18H,4-6,16-17,19-20H2,1-3H3,(H,29,35). The Kier molecular flexibility index (Phi) is 9.94. The van der Waals surface area contributed by atoms with E-state index in [9.17, 15) is 14.4 Å². The van der Waals surface area contributed by atoms with E-state index >= 15 is 0 Å². The van der Waals surface area contributed by atoms with Gasteiger partial charge in [-0.1, -0.05) is 50.2 Å². The first-order valence-corrected chi connectivity index (χ1v) is 12.4. The third kappa shape index (κ3) is 7.61. The molecule has 0 bridgehead atoms. The van der Waals surface area contributed by atoms with Gasteiger partial charge in [0.1, 0.15) is 0 Å². The Bertz CT molecular complexity index is 1220. The zero-order valence-electron chi connectivity index (χ0n) is 21.2. The fourth-order valence-electron chi connectivity index (χ4n) is 3.87. The van der Waals surface area contributed by atoms with E-state index in [4.69, 9.17) is 4.74 Å². The molecule has 0 radical (unpaired) electrons. The zero-order valence-corrected chi connectivity index (χ0v) is 21.2. The van der Waals surface area contributed by atoms with Gasteiger partial charge >= 0.3 is 5.97 Å². The number of esters is 1. The lowest BCUT2D eigenvalue weighted by molar-refractivity contribution is -0.142. The molecule has 0 aliphatic rings. The maximum absolute atomic E-state index is 12.5. The molecule has 0 atom stereocenters. The minimum atomic E-state index is -0.284. The van der Waals surface area contributed by atoms with Gasteiger partial charge in [0.05, 0.1) is 25.3 Å². The number of amides is 1. The van der Waals surface area contributed by atoms with Crippen LogP contribution in [-0.4, -0.2) is 59.3 Å². The highest BCUT2D eigenvalue weighted by molar-refractivity contribution is 5.94. The molecule has 1 amide bonds. The third-order valence-corrected chi connectivity index (χ3v) is 5.90. The summed E-state index contributed by atoms with van der Waals surface area (Å²) in [7, 11) is 0. The van der Waals surface area contributed by atoms with E-state index in [1.165, 1.54) is 10.7 Å². The van der Waals surface area contributed by atoms with Crippen molar-refractivity contribution in [1.29, 1.82) is 0 Å². The van der Waals surface area contributed by atoms with Crippen LogP contribution in [0.5, 0.6) is 0 Å². The number of likely N-dealkylation sites (N-methyl/N-ethyl adjacent to an activating group) is 1. The van der Waals surface area contributed by atoms with E-state index in [1.54, 1.807) is 25.1 Å². The average Bonchev–Trinajstić information content (AvgIpc) is 2.88. The van der Waals surface area contributed by atoms with Crippen LogP contribution in [-0.2, 0) is 22.5 Å². The molecule has 0 saturated carbocycles. The smallest absolute Gasteiger partial charge is 0.310 e. The highest BCUT2D eigenvalue weighted by atomic mass is 16.5. The van der Waals surface area contributed by atoms with Crippen molar-refractivity contribution in [2.24, 2.45) is 0 Å². The molecule has 0 fully saturated rings. The van der Waals surface area contributed by atoms with Crippen LogP contribution >= 0.6 is 0 Å². The molecular weight excluding hydrogens is 456 g/mol. The van der Waals surface area contributed by atoms with Crippen molar-refractivity contribution in [2.45, 2.75) is 33.7 Å². The molecule has 0 aliphatic heterocycles. The topological polar surface area (TPSA) is 93.5 Å². The third-order valence-electron chi connectivity index (χ3n) is 5.90. The summed E-state index contributed by atoms with van der Waals surface area (Å²) in [6.07, 6.45) is 0.180. The molecule has 36 heavy (non-hydrogen) atoms. The second kappa shape index (κ2) is 13.3. The summed E-state index contributed by atoms with van der Waals surface area (Å²) in [5, 5.41) is 7.48. The summed E-state index contributed by atoms with van der Waals surface area (Å²) >= 11 is 0. The molecular formula is C28H34N4O4. The van der Waals surface area contributed by atoms with Gasteiger partial charge in [-0.2, -0.15) is 5.10 Å². The first-order chi connectivity index (χ1) is 17.4. The first-order valence-electron chi connectivity index (χ1n) is 12.4. The van der Waals surface area contributed by atoms with Gasteiger partial charge in [0, 0.05) is 30.3 Å². The molecule has 0 saturated heterocycles. The van der Waals surface area contributed by atoms with Gasteiger partial charge in [-0.25, -0.2) is 4.68 Å². The van der Waals surface area contributed by atoms with Crippen LogP contribution < -0.4 is 10.9 Å². The summed E-state index contributed by atoms with van der Waals surface area (Å²) < 4.78 is 6.41. The number of hydrogen-bond donors (Lipinski definition) is 1. The monoisotopic (exact) mass is 490 g/mol. The van der Waals surface area contributed by atoms with Crippen molar-refractivity contribution < 1.29 is 14.3 Å². The molecule has 8 nitrogen and oxygen atoms in total. The highest BCUT2D eigenvalue weighted by Crippen LogP contribution is 2.17. The Morgan fingerprint density at radius 3 is 2.39 bits per heavy atom. The molecule has 0 unspecified atom stereocenters. The minimum absolute atomic E-state index is 0.116. The molecule has 0 spiro atoms. The zero-order chi connectivity index (χ0) is 25.9. The van der Waals surface area contributed by atoms with E-state index in [0.29, 0.717) is 24.4 Å². The van der Waals surface area contributed by atoms with Gasteiger partial charge in [-0.05, 0) is 49.3 Å². The van der Waals surface area contributed by atoms with Gasteiger partial charge in [0.15, 0.2) is 0 Å². The highest BCUT2D eigenvalue weighted by Gasteiger charge is 2.10. The van der Waals surface area contributed by atoms with E-state index in [0.717, 1.165) is 36.3 Å². The Balaban J connectivity index is 1.68. The van der Waals surface area contributed by atoms with Crippen LogP contribution in [0.2, 0.25) is 0 Å². The summed E-state index contributed by atoms with van der Waals surface area (Å²) in [6, 6.07) is 17.8. The fourth-order valence-corrected chi connectivity index (χ4v) is 3.87. The van der Waals surface area contributed by atoms with Crippen molar-refractivity contribution >= 4 is 11.9 Å². The lowest BCUT2D eigenvalue weighted by atomic mass is 10.1. The number of ether oxygens (including phenoxy) is 1. The van der Waals surface area contributed by atoms with Crippen molar-refractivity contribution in [3.05, 3.63) is 87.7 Å². The molecule has 1 N–H and O–H groups in total. The van der Waals surface area contributed by atoms with Crippen LogP contribution in [0.4, 0.5) is 0 Å². The first kappa shape index (κ1) is 26.8. The van der Waals surface area contributed by atoms with Crippen molar-refractivity contribution in [3.8, 4) is 11.3 Å². The number of hydrogen-bond acceptors (Lipinski definition) is 6. The van der Waals surface area contributed by atoms with Crippen molar-refractivity contribution in [1.82, 2.24) is 20.0 Å². The number of rotatable bonds is 12. The quantitative estimate of drug-likeness (QED) is 0.392. The minimum Gasteiger partial charge on any atom is -0.466 e. The molecule has 1 heterocycles. The Morgan fingerprint density at radius 2 is 1.69 bits per heavy atom. The lowest BCUT2D eigenvalue weighted by Crippen LogP contribution is -2.34. The largest absolute Gasteiger partial charge is 0.466 e. The van der Waals surface area contributed by atoms with Crippen molar-refractivity contribution in [2.75, 3.05) is 32.8 Å². The maximum atomic E-state index is 12.5. The van der Waals surface area contributed by atoms with Crippen LogP contribution in [0.3, 0.4) is 0 Å². The van der Waals surface area contributed by atoms with Crippen LogP contribution in [0, 0.1) is 0 Å². The normalized spacial score (nSPS) is 10.9. The van der Waals surface area contributed by atoms with Gasteiger partial charge in [-0.3, -0.25) is 14.4 Å². The molecule has 2 aromatic carbocycles. The maximum Gasteiger partial charge on any atom is 0.310 e. The summed E-state index contributed by atoms with van der Waals surface area (Å²) in [4.78, 5) is 39.0. The van der Waals surface area contributed by atoms with Crippen LogP contribution in [0.1, 0.15) is 42.3 Å². The number of benzene rings is 2. The van der Waals surface area contributed by atoms with Gasteiger partial charge in [0.25, 0.3) is 11.5 Å². The van der Waals surface area contributed by atoms with E-state index < -0.39 is 0 Å². The summed E-state index contributed by atoms with van der Waals surface area (Å²) in [6.45, 7) is 9.91. The molecule has 8 heteroatoms. The Morgan fingerprint density at radius 1 is 0.972 bits per heavy atom. The lowest BCUT2D eigenvalue weighted by Gasteiger charge is -2.17. The van der Waals surface area contributed by atoms with E-state index in [2.05, 4.69) is 29.2 Å². The Hall–Kier alpha value is -3.78. The van der Waals surface area contributed by atoms with Gasteiger partial charge in [-0.15, -0.1) is 0 Å². The number of carbonyl (C=O) groups is 2. The van der Waals surface area contributed by atoms with E-state index in [-0.39, 0.29) is 30.4 Å². The molecule has 190 valence electrons. The van der Waals surface area contributed by atoms with E-state index in [1.807, 2.05) is 36.4 Å². The molecule has 3 aromatic rings. The van der Waals surface area contributed by atoms with Crippen LogP contribution in [0.25, 0.3) is 11.3 Å². The Labute approximate surface area is 211 Å². The average molecular weight is 491 g/mol. The predicted molar refractivity (Wildman–Crippen MR) is 140 cm³/mol. The predicted octanol–water partition coefficient (Wildman–Crippen LogP) is 3.14. The van der Waals surface area contributed by atoms with Gasteiger partial charge < -0.3 is 15.0 Å². The summed E-state index contributed by atoms with van der Waals surface area (Å²) in [5.74, 6) is -0.401.